The molecule has 0 unspecified atom stereocenters. The van der Waals surface area contributed by atoms with Gasteiger partial charge >= 0.3 is 12.1 Å². The molecule has 0 aliphatic carbocycles. The van der Waals surface area contributed by atoms with Crippen molar-refractivity contribution in [2.24, 2.45) is 0 Å². The van der Waals surface area contributed by atoms with Crippen LogP contribution in [0.4, 0.5) is 13.2 Å². The van der Waals surface area contributed by atoms with Crippen LogP contribution in [0.3, 0.4) is 0 Å². The lowest BCUT2D eigenvalue weighted by molar-refractivity contribution is -0.192. The van der Waals surface area contributed by atoms with Crippen LogP contribution in [-0.2, 0) is 35.6 Å². The minimum atomic E-state index is -5.08. The Morgan fingerprint density at radius 1 is 1.12 bits per heavy atom. The second-order valence-corrected chi connectivity index (χ2v) is 8.31. The number of alkyl halides is 3. The molecule has 0 radical (unpaired) electrons. The Morgan fingerprint density at radius 2 is 1.82 bits per heavy atom. The fourth-order valence-corrected chi connectivity index (χ4v) is 4.08. The minimum absolute atomic E-state index is 0.171. The van der Waals surface area contributed by atoms with Gasteiger partial charge in [0.05, 0.1) is 37.8 Å². The first kappa shape index (κ1) is 25.5. The van der Waals surface area contributed by atoms with E-state index in [0.29, 0.717) is 13.0 Å². The number of rotatable bonds is 5. The lowest BCUT2D eigenvalue weighted by Crippen LogP contribution is -2.32. The van der Waals surface area contributed by atoms with Gasteiger partial charge in [-0.15, -0.1) is 0 Å². The van der Waals surface area contributed by atoms with Crippen LogP contribution >= 0.6 is 0 Å². The van der Waals surface area contributed by atoms with Gasteiger partial charge in [0, 0.05) is 19.6 Å². The number of aromatic nitrogens is 2. The molecular weight excluding hydrogens is 453 g/mol. The van der Waals surface area contributed by atoms with Crippen LogP contribution in [0.5, 0.6) is 5.75 Å². The second kappa shape index (κ2) is 11.4. The molecule has 0 bridgehead atoms. The van der Waals surface area contributed by atoms with Gasteiger partial charge in [-0.1, -0.05) is 12.1 Å². The number of aryl methyl sites for hydroxylation is 1. The van der Waals surface area contributed by atoms with E-state index < -0.39 is 12.1 Å². The lowest BCUT2D eigenvalue weighted by atomic mass is 10.1. The summed E-state index contributed by atoms with van der Waals surface area (Å²) in [5.74, 6) is -1.79. The molecule has 186 valence electrons. The number of carbonyl (C=O) groups is 2. The standard InChI is InChI=1S/C21H28N4O2.C2HF3O2/c1-27-18-7-4-6-17(12-18)13-21(26)24-10-5-11-25-16-22-19(20(25)15-24)14-23-8-2-3-9-23;3-2(4,5)1(6)7/h4,6-7,12,16H,2-3,5,8-11,13-15H2,1H3;(H,6,7). The quantitative estimate of drug-likeness (QED) is 0.705. The molecule has 4 rings (SSSR count). The number of amides is 1. The number of carbonyl (C=O) groups excluding carboxylic acids is 1. The molecule has 1 N–H and O–H groups in total. The molecule has 2 aliphatic heterocycles. The molecule has 34 heavy (non-hydrogen) atoms. The van der Waals surface area contributed by atoms with Crippen LogP contribution in [0.25, 0.3) is 0 Å². The number of carboxylic acids is 1. The average Bonchev–Trinajstić information content (AvgIpc) is 3.38. The summed E-state index contributed by atoms with van der Waals surface area (Å²) < 4.78 is 39.3. The number of halogens is 3. The number of carboxylic acid groups (broad SMARTS) is 1. The Morgan fingerprint density at radius 3 is 2.47 bits per heavy atom. The predicted octanol–water partition coefficient (Wildman–Crippen LogP) is 3.10. The van der Waals surface area contributed by atoms with Gasteiger partial charge in [-0.3, -0.25) is 9.69 Å². The smallest absolute Gasteiger partial charge is 0.490 e. The summed E-state index contributed by atoms with van der Waals surface area (Å²) in [6.45, 7) is 5.61. The van der Waals surface area contributed by atoms with Crippen molar-refractivity contribution in [3.63, 3.8) is 0 Å². The summed E-state index contributed by atoms with van der Waals surface area (Å²) in [6, 6.07) is 7.77. The number of aliphatic carboxylic acids is 1. The molecule has 0 atom stereocenters. The van der Waals surface area contributed by atoms with Crippen LogP contribution in [0, 0.1) is 0 Å². The molecule has 1 fully saturated rings. The van der Waals surface area contributed by atoms with E-state index in [1.165, 1.54) is 18.5 Å². The van der Waals surface area contributed by atoms with E-state index in [9.17, 15) is 18.0 Å². The third-order valence-corrected chi connectivity index (χ3v) is 5.86. The number of imidazole rings is 1. The van der Waals surface area contributed by atoms with E-state index in [1.54, 1.807) is 7.11 Å². The molecule has 2 aliphatic rings. The summed E-state index contributed by atoms with van der Waals surface area (Å²) in [4.78, 5) is 31.0. The Bertz CT molecular complexity index is 987. The summed E-state index contributed by atoms with van der Waals surface area (Å²) in [6.07, 6.45) is 0.808. The molecule has 3 heterocycles. The Kier molecular flexibility index (Phi) is 8.54. The highest BCUT2D eigenvalue weighted by Gasteiger charge is 2.38. The van der Waals surface area contributed by atoms with E-state index in [2.05, 4.69) is 14.5 Å². The zero-order valence-corrected chi connectivity index (χ0v) is 19.1. The highest BCUT2D eigenvalue weighted by atomic mass is 19.4. The van der Waals surface area contributed by atoms with Crippen LogP contribution < -0.4 is 4.74 Å². The number of nitrogens with zero attached hydrogens (tertiary/aromatic N) is 4. The van der Waals surface area contributed by atoms with Crippen molar-refractivity contribution < 1.29 is 32.6 Å². The summed E-state index contributed by atoms with van der Waals surface area (Å²) >= 11 is 0. The SMILES string of the molecule is COc1cccc(CC(=O)N2CCCn3cnc(CN4CCCC4)c3C2)c1.O=C(O)C(F)(F)F. The summed E-state index contributed by atoms with van der Waals surface area (Å²) in [5, 5.41) is 7.12. The van der Waals surface area contributed by atoms with E-state index in [-0.39, 0.29) is 5.91 Å². The zero-order valence-electron chi connectivity index (χ0n) is 19.1. The number of likely N-dealkylation sites (tertiary alicyclic amines) is 1. The van der Waals surface area contributed by atoms with Crippen molar-refractivity contribution in [2.45, 2.75) is 51.5 Å². The topological polar surface area (TPSA) is 87.9 Å². The molecule has 1 aromatic heterocycles. The lowest BCUT2D eigenvalue weighted by Gasteiger charge is -2.22. The first-order valence-electron chi connectivity index (χ1n) is 11.1. The van der Waals surface area contributed by atoms with Gasteiger partial charge in [0.2, 0.25) is 5.91 Å². The van der Waals surface area contributed by atoms with Gasteiger partial charge in [-0.25, -0.2) is 9.78 Å². The van der Waals surface area contributed by atoms with Gasteiger partial charge in [-0.2, -0.15) is 13.2 Å². The maximum absolute atomic E-state index is 13.0. The molecule has 11 heteroatoms. The van der Waals surface area contributed by atoms with Crippen molar-refractivity contribution in [3.8, 4) is 5.75 Å². The van der Waals surface area contributed by atoms with E-state index in [4.69, 9.17) is 14.6 Å². The number of fused-ring (bicyclic) bond motifs is 1. The number of benzene rings is 1. The summed E-state index contributed by atoms with van der Waals surface area (Å²) in [7, 11) is 1.65. The third kappa shape index (κ3) is 6.96. The highest BCUT2D eigenvalue weighted by Crippen LogP contribution is 2.21. The van der Waals surface area contributed by atoms with Crippen LogP contribution in [0.1, 0.15) is 36.2 Å². The Hall–Kier alpha value is -3.08. The molecule has 1 amide bonds. The van der Waals surface area contributed by atoms with E-state index >= 15 is 0 Å². The van der Waals surface area contributed by atoms with Crippen LogP contribution in [-0.4, -0.2) is 69.3 Å². The number of ether oxygens (including phenoxy) is 1. The minimum Gasteiger partial charge on any atom is -0.497 e. The van der Waals surface area contributed by atoms with Gasteiger partial charge in [0.15, 0.2) is 0 Å². The fraction of sp³-hybridized carbons (Fsp3) is 0.522. The normalized spacial score (nSPS) is 16.3. The fourth-order valence-electron chi connectivity index (χ4n) is 4.08. The maximum Gasteiger partial charge on any atom is 0.490 e. The van der Waals surface area contributed by atoms with Crippen molar-refractivity contribution >= 4 is 11.9 Å². The van der Waals surface area contributed by atoms with Crippen LogP contribution in [0.15, 0.2) is 30.6 Å². The molecule has 1 aromatic carbocycles. The molecule has 2 aromatic rings. The molecular formula is C23H29F3N4O4. The van der Waals surface area contributed by atoms with Crippen molar-refractivity contribution in [2.75, 3.05) is 26.7 Å². The highest BCUT2D eigenvalue weighted by molar-refractivity contribution is 5.79. The number of hydrogen-bond acceptors (Lipinski definition) is 5. The van der Waals surface area contributed by atoms with Gasteiger partial charge < -0.3 is 19.3 Å². The Balaban J connectivity index is 0.000000406. The molecule has 8 nitrogen and oxygen atoms in total. The summed E-state index contributed by atoms with van der Waals surface area (Å²) in [5.41, 5.74) is 3.34. The average molecular weight is 483 g/mol. The number of methoxy groups -OCH3 is 1. The monoisotopic (exact) mass is 482 g/mol. The van der Waals surface area contributed by atoms with Gasteiger partial charge in [-0.05, 0) is 50.0 Å². The maximum atomic E-state index is 13.0. The third-order valence-electron chi connectivity index (χ3n) is 5.86. The molecule has 1 saturated heterocycles. The first-order chi connectivity index (χ1) is 16.2. The molecule has 0 saturated carbocycles. The predicted molar refractivity (Wildman–Crippen MR) is 117 cm³/mol. The van der Waals surface area contributed by atoms with E-state index in [0.717, 1.165) is 56.2 Å². The van der Waals surface area contributed by atoms with Gasteiger partial charge in [0.1, 0.15) is 5.75 Å². The zero-order chi connectivity index (χ0) is 24.7. The largest absolute Gasteiger partial charge is 0.497 e. The number of hydrogen-bond donors (Lipinski definition) is 1. The van der Waals surface area contributed by atoms with Crippen molar-refractivity contribution in [1.29, 1.82) is 0 Å². The van der Waals surface area contributed by atoms with Gasteiger partial charge in [0.25, 0.3) is 0 Å². The van der Waals surface area contributed by atoms with Crippen molar-refractivity contribution in [3.05, 3.63) is 47.5 Å². The van der Waals surface area contributed by atoms with Crippen LogP contribution in [0.2, 0.25) is 0 Å². The first-order valence-corrected chi connectivity index (χ1v) is 11.1. The molecule has 0 spiro atoms. The van der Waals surface area contributed by atoms with E-state index in [1.807, 2.05) is 35.5 Å². The van der Waals surface area contributed by atoms with Crippen molar-refractivity contribution in [1.82, 2.24) is 19.4 Å². The Labute approximate surface area is 195 Å². The second-order valence-electron chi connectivity index (χ2n) is 8.31.